The third-order valence-corrected chi connectivity index (χ3v) is 3.87. The number of hydrogen-bond acceptors (Lipinski definition) is 2. The molecule has 19 heavy (non-hydrogen) atoms. The molecule has 2 nitrogen and oxygen atoms in total. The summed E-state index contributed by atoms with van der Waals surface area (Å²) in [6, 6.07) is 4.28. The van der Waals surface area contributed by atoms with Gasteiger partial charge in [-0.15, -0.1) is 0 Å². The van der Waals surface area contributed by atoms with E-state index in [9.17, 15) is 0 Å². The SMILES string of the molecule is CC1CC1c1ccc(CNC(C)(C)CC(C)(C)C)o1. The molecule has 0 amide bonds. The quantitative estimate of drug-likeness (QED) is 0.832. The van der Waals surface area contributed by atoms with Crippen molar-refractivity contribution in [1.82, 2.24) is 5.32 Å². The van der Waals surface area contributed by atoms with Gasteiger partial charge in [-0.3, -0.25) is 0 Å². The summed E-state index contributed by atoms with van der Waals surface area (Å²) in [5.74, 6) is 3.73. The number of rotatable bonds is 5. The third kappa shape index (κ3) is 4.38. The molecule has 1 fully saturated rings. The van der Waals surface area contributed by atoms with E-state index < -0.39 is 0 Å². The lowest BCUT2D eigenvalue weighted by molar-refractivity contribution is 0.235. The minimum atomic E-state index is 0.137. The Hall–Kier alpha value is -0.760. The molecule has 2 atom stereocenters. The zero-order chi connectivity index (χ0) is 14.3. The van der Waals surface area contributed by atoms with Gasteiger partial charge >= 0.3 is 0 Å². The normalized spacial score (nSPS) is 23.7. The van der Waals surface area contributed by atoms with E-state index in [0.717, 1.165) is 24.6 Å². The van der Waals surface area contributed by atoms with E-state index in [0.29, 0.717) is 11.3 Å². The van der Waals surface area contributed by atoms with Crippen molar-refractivity contribution in [2.45, 2.75) is 72.4 Å². The zero-order valence-electron chi connectivity index (χ0n) is 13.3. The first-order valence-corrected chi connectivity index (χ1v) is 7.50. The summed E-state index contributed by atoms with van der Waals surface area (Å²) in [6.07, 6.45) is 2.43. The molecule has 1 aromatic heterocycles. The van der Waals surface area contributed by atoms with Gasteiger partial charge in [-0.05, 0) is 50.2 Å². The molecule has 1 aliphatic rings. The molecule has 1 heterocycles. The summed E-state index contributed by atoms with van der Waals surface area (Å²) < 4.78 is 5.94. The maximum atomic E-state index is 5.94. The summed E-state index contributed by atoms with van der Waals surface area (Å²) in [5, 5.41) is 3.62. The summed E-state index contributed by atoms with van der Waals surface area (Å²) >= 11 is 0. The van der Waals surface area contributed by atoms with Crippen LogP contribution in [0.25, 0.3) is 0 Å². The molecule has 2 unspecified atom stereocenters. The summed E-state index contributed by atoms with van der Waals surface area (Å²) in [5.41, 5.74) is 0.479. The van der Waals surface area contributed by atoms with E-state index in [1.54, 1.807) is 0 Å². The molecule has 0 aliphatic heterocycles. The van der Waals surface area contributed by atoms with Gasteiger partial charge < -0.3 is 9.73 Å². The van der Waals surface area contributed by atoms with Crippen molar-refractivity contribution in [3.8, 4) is 0 Å². The molecule has 0 spiro atoms. The van der Waals surface area contributed by atoms with E-state index in [2.05, 4.69) is 59.0 Å². The molecule has 2 rings (SSSR count). The van der Waals surface area contributed by atoms with Crippen molar-refractivity contribution in [1.29, 1.82) is 0 Å². The Labute approximate surface area is 118 Å². The van der Waals surface area contributed by atoms with Crippen LogP contribution in [0.3, 0.4) is 0 Å². The molecule has 1 aliphatic carbocycles. The van der Waals surface area contributed by atoms with Crippen LogP contribution < -0.4 is 5.32 Å². The Bertz CT molecular complexity index is 425. The van der Waals surface area contributed by atoms with Crippen LogP contribution in [0, 0.1) is 11.3 Å². The summed E-state index contributed by atoms with van der Waals surface area (Å²) in [4.78, 5) is 0. The average Bonchev–Trinajstić information content (AvgIpc) is 2.77. The Morgan fingerprint density at radius 1 is 1.21 bits per heavy atom. The maximum absolute atomic E-state index is 5.94. The van der Waals surface area contributed by atoms with E-state index in [4.69, 9.17) is 4.42 Å². The molecule has 2 heteroatoms. The van der Waals surface area contributed by atoms with Crippen LogP contribution in [0.1, 0.15) is 71.8 Å². The van der Waals surface area contributed by atoms with Crippen molar-refractivity contribution in [2.75, 3.05) is 0 Å². The lowest BCUT2D eigenvalue weighted by atomic mass is 9.82. The van der Waals surface area contributed by atoms with Gasteiger partial charge in [-0.1, -0.05) is 27.7 Å². The summed E-state index contributed by atoms with van der Waals surface area (Å²) in [6.45, 7) is 14.5. The van der Waals surface area contributed by atoms with Gasteiger partial charge in [0.15, 0.2) is 0 Å². The van der Waals surface area contributed by atoms with Gasteiger partial charge in [-0.25, -0.2) is 0 Å². The second-order valence-corrected chi connectivity index (χ2v) is 8.10. The lowest BCUT2D eigenvalue weighted by Crippen LogP contribution is -2.41. The van der Waals surface area contributed by atoms with Crippen LogP contribution in [0.2, 0.25) is 0 Å². The van der Waals surface area contributed by atoms with Crippen LogP contribution in [0.4, 0.5) is 0 Å². The molecule has 1 aromatic rings. The molecule has 108 valence electrons. The Kier molecular flexibility index (Phi) is 3.83. The van der Waals surface area contributed by atoms with Crippen LogP contribution in [0.5, 0.6) is 0 Å². The van der Waals surface area contributed by atoms with Crippen molar-refractivity contribution in [3.05, 3.63) is 23.7 Å². The maximum Gasteiger partial charge on any atom is 0.117 e. The molecule has 0 aromatic carbocycles. The fourth-order valence-corrected chi connectivity index (χ4v) is 3.12. The first kappa shape index (κ1) is 14.6. The molecular weight excluding hydrogens is 234 g/mol. The van der Waals surface area contributed by atoms with Gasteiger partial charge in [-0.2, -0.15) is 0 Å². The fraction of sp³-hybridized carbons (Fsp3) is 0.765. The standard InChI is InChI=1S/C17H29NO/c1-12-9-14(12)15-8-7-13(19-15)10-18-17(5,6)11-16(2,3)4/h7-8,12,14,18H,9-11H2,1-6H3. The lowest BCUT2D eigenvalue weighted by Gasteiger charge is -2.33. The molecule has 0 saturated heterocycles. The van der Waals surface area contributed by atoms with Gasteiger partial charge in [0.25, 0.3) is 0 Å². The predicted octanol–water partition coefficient (Wildman–Crippen LogP) is 4.71. The van der Waals surface area contributed by atoms with E-state index in [-0.39, 0.29) is 5.54 Å². The number of furan rings is 1. The summed E-state index contributed by atoms with van der Waals surface area (Å²) in [7, 11) is 0. The topological polar surface area (TPSA) is 25.2 Å². The highest BCUT2D eigenvalue weighted by Gasteiger charge is 2.36. The van der Waals surface area contributed by atoms with Crippen LogP contribution in [-0.4, -0.2) is 5.54 Å². The van der Waals surface area contributed by atoms with Crippen molar-refractivity contribution < 1.29 is 4.42 Å². The Balaban J connectivity index is 1.86. The highest BCUT2D eigenvalue weighted by Crippen LogP contribution is 2.47. The van der Waals surface area contributed by atoms with Crippen LogP contribution >= 0.6 is 0 Å². The van der Waals surface area contributed by atoms with Crippen LogP contribution in [0.15, 0.2) is 16.5 Å². The number of hydrogen-bond donors (Lipinski definition) is 1. The molecule has 1 saturated carbocycles. The van der Waals surface area contributed by atoms with E-state index >= 15 is 0 Å². The minimum absolute atomic E-state index is 0.137. The largest absolute Gasteiger partial charge is 0.464 e. The van der Waals surface area contributed by atoms with Crippen molar-refractivity contribution >= 4 is 0 Å². The molecular formula is C17H29NO. The highest BCUT2D eigenvalue weighted by atomic mass is 16.3. The Morgan fingerprint density at radius 3 is 2.37 bits per heavy atom. The molecule has 0 radical (unpaired) electrons. The first-order chi connectivity index (χ1) is 8.66. The third-order valence-electron chi connectivity index (χ3n) is 3.87. The van der Waals surface area contributed by atoms with Crippen molar-refractivity contribution in [3.63, 3.8) is 0 Å². The monoisotopic (exact) mass is 263 g/mol. The van der Waals surface area contributed by atoms with Crippen molar-refractivity contribution in [2.24, 2.45) is 11.3 Å². The average molecular weight is 263 g/mol. The van der Waals surface area contributed by atoms with Gasteiger partial charge in [0, 0.05) is 11.5 Å². The van der Waals surface area contributed by atoms with Crippen LogP contribution in [-0.2, 0) is 6.54 Å². The van der Waals surface area contributed by atoms with E-state index in [1.165, 1.54) is 12.2 Å². The zero-order valence-corrected chi connectivity index (χ0v) is 13.3. The van der Waals surface area contributed by atoms with Gasteiger partial charge in [0.2, 0.25) is 0 Å². The smallest absolute Gasteiger partial charge is 0.117 e. The predicted molar refractivity (Wildman–Crippen MR) is 80.2 cm³/mol. The van der Waals surface area contributed by atoms with Gasteiger partial charge in [0.05, 0.1) is 6.54 Å². The first-order valence-electron chi connectivity index (χ1n) is 7.50. The highest BCUT2D eigenvalue weighted by molar-refractivity contribution is 5.17. The second-order valence-electron chi connectivity index (χ2n) is 8.10. The number of nitrogens with one attached hydrogen (secondary N) is 1. The second kappa shape index (κ2) is 4.97. The Morgan fingerprint density at radius 2 is 1.84 bits per heavy atom. The minimum Gasteiger partial charge on any atom is -0.464 e. The fourth-order valence-electron chi connectivity index (χ4n) is 3.12. The van der Waals surface area contributed by atoms with E-state index in [1.807, 2.05) is 0 Å². The molecule has 0 bridgehead atoms. The van der Waals surface area contributed by atoms with Gasteiger partial charge in [0.1, 0.15) is 11.5 Å². The molecule has 1 N–H and O–H groups in total.